The van der Waals surface area contributed by atoms with Crippen molar-refractivity contribution in [1.29, 1.82) is 0 Å². The van der Waals surface area contributed by atoms with Gasteiger partial charge in [-0.25, -0.2) is 4.68 Å². The van der Waals surface area contributed by atoms with Crippen molar-refractivity contribution in [2.75, 3.05) is 0 Å². The summed E-state index contributed by atoms with van der Waals surface area (Å²) in [6.45, 7) is 2.83. The van der Waals surface area contributed by atoms with Gasteiger partial charge in [0, 0.05) is 24.8 Å². The van der Waals surface area contributed by atoms with Crippen LogP contribution in [-0.4, -0.2) is 21.1 Å². The van der Waals surface area contributed by atoms with Gasteiger partial charge in [-0.3, -0.25) is 5.32 Å². The van der Waals surface area contributed by atoms with E-state index < -0.39 is 6.23 Å². The first-order valence-corrected chi connectivity index (χ1v) is 5.93. The van der Waals surface area contributed by atoms with Crippen LogP contribution in [0.4, 0.5) is 0 Å². The lowest BCUT2D eigenvalue weighted by Gasteiger charge is -2.04. The van der Waals surface area contributed by atoms with Crippen LogP contribution in [0.2, 0.25) is 0 Å². The molecule has 0 saturated heterocycles. The van der Waals surface area contributed by atoms with E-state index in [-0.39, 0.29) is 0 Å². The first kappa shape index (κ1) is 12.8. The minimum atomic E-state index is -0.516. The number of nitrogens with zero attached hydrogens (tertiary/aromatic N) is 2. The lowest BCUT2D eigenvalue weighted by atomic mass is 10.2. The van der Waals surface area contributed by atoms with Gasteiger partial charge in [0.15, 0.2) is 0 Å². The lowest BCUT2D eigenvalue weighted by Crippen LogP contribution is -2.24. The Bertz CT molecular complexity index is 490. The summed E-state index contributed by atoms with van der Waals surface area (Å²) in [7, 11) is 0. The standard InChI is InChI=1S/C13H18N4O/c1-10(18)15-7-12-8-16-17(9-12)13-4-2-11(6-14)3-5-13/h2-5,8-10,15,18H,6-7,14H2,1H3. The molecule has 4 N–H and O–H groups in total. The van der Waals surface area contributed by atoms with E-state index >= 15 is 0 Å². The third-order valence-electron chi connectivity index (χ3n) is 2.67. The number of aromatic nitrogens is 2. The van der Waals surface area contributed by atoms with Crippen molar-refractivity contribution in [3.05, 3.63) is 47.8 Å². The Balaban J connectivity index is 2.08. The lowest BCUT2D eigenvalue weighted by molar-refractivity contribution is 0.155. The van der Waals surface area contributed by atoms with Crippen LogP contribution in [0.15, 0.2) is 36.7 Å². The molecule has 96 valence electrons. The van der Waals surface area contributed by atoms with E-state index in [1.165, 1.54) is 0 Å². The minimum absolute atomic E-state index is 0.516. The van der Waals surface area contributed by atoms with Gasteiger partial charge in [0.25, 0.3) is 0 Å². The molecule has 1 aromatic carbocycles. The van der Waals surface area contributed by atoms with E-state index in [1.807, 2.05) is 30.5 Å². The molecule has 0 radical (unpaired) electrons. The second-order valence-electron chi connectivity index (χ2n) is 4.22. The van der Waals surface area contributed by atoms with Crippen LogP contribution in [0.3, 0.4) is 0 Å². The van der Waals surface area contributed by atoms with Gasteiger partial charge in [0.2, 0.25) is 0 Å². The molecule has 1 heterocycles. The molecule has 18 heavy (non-hydrogen) atoms. The molecule has 0 saturated carbocycles. The van der Waals surface area contributed by atoms with Gasteiger partial charge in [-0.1, -0.05) is 12.1 Å². The van der Waals surface area contributed by atoms with Crippen LogP contribution in [0.5, 0.6) is 0 Å². The maximum atomic E-state index is 9.15. The maximum absolute atomic E-state index is 9.15. The number of benzene rings is 1. The van der Waals surface area contributed by atoms with Crippen molar-refractivity contribution in [1.82, 2.24) is 15.1 Å². The van der Waals surface area contributed by atoms with E-state index in [4.69, 9.17) is 10.8 Å². The van der Waals surface area contributed by atoms with Crippen molar-refractivity contribution in [2.24, 2.45) is 5.73 Å². The van der Waals surface area contributed by atoms with Gasteiger partial charge in [0.1, 0.15) is 6.23 Å². The first-order chi connectivity index (χ1) is 8.69. The minimum Gasteiger partial charge on any atom is -0.379 e. The highest BCUT2D eigenvalue weighted by molar-refractivity contribution is 5.34. The Morgan fingerprint density at radius 3 is 2.67 bits per heavy atom. The van der Waals surface area contributed by atoms with E-state index in [2.05, 4.69) is 10.4 Å². The van der Waals surface area contributed by atoms with Crippen molar-refractivity contribution < 1.29 is 5.11 Å². The van der Waals surface area contributed by atoms with Gasteiger partial charge in [-0.15, -0.1) is 0 Å². The Morgan fingerprint density at radius 1 is 1.33 bits per heavy atom. The molecule has 0 bridgehead atoms. The summed E-state index contributed by atoms with van der Waals surface area (Å²) in [5.41, 5.74) is 8.68. The molecule has 5 heteroatoms. The summed E-state index contributed by atoms with van der Waals surface area (Å²) in [5.74, 6) is 0. The van der Waals surface area contributed by atoms with Crippen LogP contribution in [-0.2, 0) is 13.1 Å². The highest BCUT2D eigenvalue weighted by Crippen LogP contribution is 2.10. The average molecular weight is 246 g/mol. The number of nitrogens with one attached hydrogen (secondary N) is 1. The van der Waals surface area contributed by atoms with Crippen molar-refractivity contribution in [2.45, 2.75) is 26.2 Å². The van der Waals surface area contributed by atoms with Crippen LogP contribution in [0, 0.1) is 0 Å². The largest absolute Gasteiger partial charge is 0.379 e. The van der Waals surface area contributed by atoms with Crippen LogP contribution in [0.1, 0.15) is 18.1 Å². The molecule has 0 spiro atoms. The van der Waals surface area contributed by atoms with Crippen molar-refractivity contribution in [3.63, 3.8) is 0 Å². The third-order valence-corrected chi connectivity index (χ3v) is 2.67. The Kier molecular flexibility index (Phi) is 4.09. The number of nitrogens with two attached hydrogens (primary N) is 1. The summed E-state index contributed by atoms with van der Waals surface area (Å²) >= 11 is 0. The summed E-state index contributed by atoms with van der Waals surface area (Å²) in [4.78, 5) is 0. The normalized spacial score (nSPS) is 12.6. The number of hydrogen-bond acceptors (Lipinski definition) is 4. The molecule has 0 aliphatic rings. The highest BCUT2D eigenvalue weighted by atomic mass is 16.3. The second-order valence-corrected chi connectivity index (χ2v) is 4.22. The average Bonchev–Trinajstić information content (AvgIpc) is 2.85. The van der Waals surface area contributed by atoms with Gasteiger partial charge in [0.05, 0.1) is 11.9 Å². The van der Waals surface area contributed by atoms with Crippen LogP contribution < -0.4 is 11.1 Å². The van der Waals surface area contributed by atoms with E-state index in [0.29, 0.717) is 13.1 Å². The molecule has 0 amide bonds. The summed E-state index contributed by atoms with van der Waals surface area (Å²) in [5, 5.41) is 16.4. The molecule has 1 aromatic heterocycles. The Morgan fingerprint density at radius 2 is 2.06 bits per heavy atom. The monoisotopic (exact) mass is 246 g/mol. The molecule has 0 fully saturated rings. The van der Waals surface area contributed by atoms with Crippen LogP contribution in [0.25, 0.3) is 5.69 Å². The molecule has 2 aromatic rings. The molecule has 1 atom stereocenters. The summed E-state index contributed by atoms with van der Waals surface area (Å²) in [6.07, 6.45) is 3.20. The highest BCUT2D eigenvalue weighted by Gasteiger charge is 2.02. The first-order valence-electron chi connectivity index (χ1n) is 5.93. The molecule has 2 rings (SSSR count). The molecular formula is C13H18N4O. The zero-order valence-electron chi connectivity index (χ0n) is 10.4. The fraction of sp³-hybridized carbons (Fsp3) is 0.308. The Labute approximate surface area is 106 Å². The maximum Gasteiger partial charge on any atom is 0.102 e. The topological polar surface area (TPSA) is 76.1 Å². The molecule has 0 aliphatic carbocycles. The molecule has 0 aliphatic heterocycles. The number of aliphatic hydroxyl groups is 1. The Hall–Kier alpha value is -1.69. The van der Waals surface area contributed by atoms with Gasteiger partial charge < -0.3 is 10.8 Å². The molecule has 5 nitrogen and oxygen atoms in total. The quantitative estimate of drug-likeness (QED) is 0.681. The fourth-order valence-electron chi connectivity index (χ4n) is 1.64. The van der Waals surface area contributed by atoms with Crippen LogP contribution >= 0.6 is 0 Å². The van der Waals surface area contributed by atoms with Gasteiger partial charge in [-0.05, 0) is 24.6 Å². The zero-order valence-corrected chi connectivity index (χ0v) is 10.4. The third kappa shape index (κ3) is 3.16. The number of hydrogen-bond donors (Lipinski definition) is 3. The van der Waals surface area contributed by atoms with E-state index in [0.717, 1.165) is 16.8 Å². The number of aliphatic hydroxyl groups excluding tert-OH is 1. The SMILES string of the molecule is CC(O)NCc1cnn(-c2ccc(CN)cc2)c1. The van der Waals surface area contributed by atoms with E-state index in [9.17, 15) is 0 Å². The zero-order chi connectivity index (χ0) is 13.0. The number of rotatable bonds is 5. The summed E-state index contributed by atoms with van der Waals surface area (Å²) in [6, 6.07) is 7.96. The fourth-order valence-corrected chi connectivity index (χ4v) is 1.64. The molecular weight excluding hydrogens is 228 g/mol. The van der Waals surface area contributed by atoms with Gasteiger partial charge >= 0.3 is 0 Å². The molecule has 1 unspecified atom stereocenters. The van der Waals surface area contributed by atoms with E-state index in [1.54, 1.807) is 17.8 Å². The summed E-state index contributed by atoms with van der Waals surface area (Å²) < 4.78 is 1.80. The second kappa shape index (κ2) is 5.77. The predicted molar refractivity (Wildman–Crippen MR) is 70.0 cm³/mol. The van der Waals surface area contributed by atoms with Gasteiger partial charge in [-0.2, -0.15) is 5.10 Å². The predicted octanol–water partition coefficient (Wildman–Crippen LogP) is 0.759. The van der Waals surface area contributed by atoms with Crippen molar-refractivity contribution in [3.8, 4) is 5.69 Å². The smallest absolute Gasteiger partial charge is 0.102 e. The van der Waals surface area contributed by atoms with Crippen molar-refractivity contribution >= 4 is 0 Å².